The van der Waals surface area contributed by atoms with Crippen molar-refractivity contribution in [3.63, 3.8) is 0 Å². The van der Waals surface area contributed by atoms with Crippen molar-refractivity contribution in [1.82, 2.24) is 10.2 Å². The fourth-order valence-electron chi connectivity index (χ4n) is 4.54. The van der Waals surface area contributed by atoms with Gasteiger partial charge in [0.2, 0.25) is 11.8 Å². The molecule has 0 fully saturated rings. The number of nitrogens with zero attached hydrogens (tertiary/aromatic N) is 2. The highest BCUT2D eigenvalue weighted by atomic mass is 16.2. The van der Waals surface area contributed by atoms with Gasteiger partial charge >= 0.3 is 0 Å². The van der Waals surface area contributed by atoms with Crippen LogP contribution in [-0.4, -0.2) is 41.8 Å². The lowest BCUT2D eigenvalue weighted by Gasteiger charge is -2.32. The predicted octanol–water partition coefficient (Wildman–Crippen LogP) is 4.05. The third-order valence-corrected chi connectivity index (χ3v) is 6.28. The molecule has 0 unspecified atom stereocenters. The summed E-state index contributed by atoms with van der Waals surface area (Å²) < 4.78 is 0. The summed E-state index contributed by atoms with van der Waals surface area (Å²) in [7, 11) is 0. The van der Waals surface area contributed by atoms with Crippen molar-refractivity contribution < 1.29 is 14.4 Å². The SMILES string of the molecule is CCNC(=O)[C@H](CC)N(Cc1ccccc1C)C(=O)CN1C(=O)c2cccc3cccc1c23. The summed E-state index contributed by atoms with van der Waals surface area (Å²) in [6.45, 7) is 6.43. The predicted molar refractivity (Wildman–Crippen MR) is 130 cm³/mol. The third kappa shape index (κ3) is 4.21. The molecule has 170 valence electrons. The van der Waals surface area contributed by atoms with Gasteiger partial charge in [-0.05, 0) is 48.9 Å². The zero-order chi connectivity index (χ0) is 23.5. The van der Waals surface area contributed by atoms with Gasteiger partial charge in [-0.2, -0.15) is 0 Å². The molecule has 0 saturated carbocycles. The highest BCUT2D eigenvalue weighted by Gasteiger charge is 2.35. The molecule has 0 bridgehead atoms. The fourth-order valence-corrected chi connectivity index (χ4v) is 4.54. The molecule has 3 amide bonds. The van der Waals surface area contributed by atoms with E-state index >= 15 is 0 Å². The molecule has 1 aliphatic rings. The zero-order valence-corrected chi connectivity index (χ0v) is 19.3. The van der Waals surface area contributed by atoms with Crippen LogP contribution in [-0.2, 0) is 16.1 Å². The van der Waals surface area contributed by atoms with E-state index in [1.54, 1.807) is 11.0 Å². The number of anilines is 1. The number of likely N-dealkylation sites (N-methyl/N-ethyl adjacent to an activating group) is 1. The monoisotopic (exact) mass is 443 g/mol. The summed E-state index contributed by atoms with van der Waals surface area (Å²) in [4.78, 5) is 42.9. The number of hydrogen-bond acceptors (Lipinski definition) is 3. The minimum Gasteiger partial charge on any atom is -0.355 e. The van der Waals surface area contributed by atoms with E-state index in [1.807, 2.05) is 75.4 Å². The summed E-state index contributed by atoms with van der Waals surface area (Å²) in [5.74, 6) is -0.619. The van der Waals surface area contributed by atoms with Gasteiger partial charge in [-0.3, -0.25) is 19.3 Å². The molecule has 1 heterocycles. The maximum Gasteiger partial charge on any atom is 0.259 e. The van der Waals surface area contributed by atoms with Crippen LogP contribution in [0.25, 0.3) is 10.8 Å². The molecule has 1 atom stereocenters. The lowest BCUT2D eigenvalue weighted by molar-refractivity contribution is -0.140. The Balaban J connectivity index is 1.67. The van der Waals surface area contributed by atoms with E-state index in [4.69, 9.17) is 0 Å². The van der Waals surface area contributed by atoms with E-state index in [0.29, 0.717) is 25.1 Å². The molecular formula is C27H29N3O3. The van der Waals surface area contributed by atoms with Crippen LogP contribution in [0.2, 0.25) is 0 Å². The number of carbonyl (C=O) groups is 3. The number of benzene rings is 3. The molecule has 1 N–H and O–H groups in total. The summed E-state index contributed by atoms with van der Waals surface area (Å²) >= 11 is 0. The standard InChI is InChI=1S/C27H29N3O3/c1-4-22(26(32)28-5-2)29(16-20-11-7-6-10-18(20)3)24(31)17-30-23-15-9-13-19-12-8-14-21(25(19)23)27(30)33/h6-15,22H,4-5,16-17H2,1-3H3,(H,28,32)/t22-/m0/s1. The quantitative estimate of drug-likeness (QED) is 0.571. The van der Waals surface area contributed by atoms with Gasteiger partial charge < -0.3 is 10.2 Å². The van der Waals surface area contributed by atoms with Crippen LogP contribution in [0.4, 0.5) is 5.69 Å². The first-order valence-corrected chi connectivity index (χ1v) is 11.4. The molecule has 0 radical (unpaired) electrons. The van der Waals surface area contributed by atoms with Crippen LogP contribution in [0.3, 0.4) is 0 Å². The lowest BCUT2D eigenvalue weighted by atomic mass is 10.1. The van der Waals surface area contributed by atoms with E-state index < -0.39 is 6.04 Å². The van der Waals surface area contributed by atoms with Crippen LogP contribution < -0.4 is 10.2 Å². The second-order valence-electron chi connectivity index (χ2n) is 8.34. The Labute approximate surface area is 194 Å². The molecular weight excluding hydrogens is 414 g/mol. The molecule has 6 nitrogen and oxygen atoms in total. The first-order valence-electron chi connectivity index (χ1n) is 11.4. The van der Waals surface area contributed by atoms with E-state index in [9.17, 15) is 14.4 Å². The molecule has 0 aliphatic carbocycles. The van der Waals surface area contributed by atoms with Crippen molar-refractivity contribution in [3.05, 3.63) is 77.4 Å². The van der Waals surface area contributed by atoms with E-state index in [2.05, 4.69) is 5.32 Å². The molecule has 4 rings (SSSR count). The highest BCUT2D eigenvalue weighted by Crippen LogP contribution is 2.37. The zero-order valence-electron chi connectivity index (χ0n) is 19.3. The van der Waals surface area contributed by atoms with Crippen LogP contribution in [0.5, 0.6) is 0 Å². The Bertz CT molecular complexity index is 1210. The minimum atomic E-state index is -0.618. The Hall–Kier alpha value is -3.67. The van der Waals surface area contributed by atoms with E-state index in [-0.39, 0.29) is 24.3 Å². The molecule has 0 aromatic heterocycles. The van der Waals surface area contributed by atoms with Gasteiger partial charge in [0.1, 0.15) is 12.6 Å². The molecule has 1 aliphatic heterocycles. The van der Waals surface area contributed by atoms with Gasteiger partial charge in [0.15, 0.2) is 0 Å². The van der Waals surface area contributed by atoms with Crippen molar-refractivity contribution in [2.24, 2.45) is 0 Å². The van der Waals surface area contributed by atoms with Gasteiger partial charge in [0, 0.05) is 24.0 Å². The van der Waals surface area contributed by atoms with Gasteiger partial charge in [-0.25, -0.2) is 0 Å². The second-order valence-corrected chi connectivity index (χ2v) is 8.34. The Morgan fingerprint density at radius 3 is 2.42 bits per heavy atom. The maximum atomic E-state index is 13.7. The maximum absolute atomic E-state index is 13.7. The molecule has 0 saturated heterocycles. The molecule has 0 spiro atoms. The number of rotatable bonds is 8. The van der Waals surface area contributed by atoms with Gasteiger partial charge in [0.25, 0.3) is 5.91 Å². The van der Waals surface area contributed by atoms with Crippen molar-refractivity contribution in [1.29, 1.82) is 0 Å². The molecule has 3 aromatic rings. The number of aryl methyl sites for hydroxylation is 1. The number of nitrogens with one attached hydrogen (secondary N) is 1. The Morgan fingerprint density at radius 1 is 1.00 bits per heavy atom. The Morgan fingerprint density at radius 2 is 1.73 bits per heavy atom. The summed E-state index contributed by atoms with van der Waals surface area (Å²) in [6.07, 6.45) is 0.479. The van der Waals surface area contributed by atoms with E-state index in [0.717, 1.165) is 27.6 Å². The largest absolute Gasteiger partial charge is 0.355 e. The fraction of sp³-hybridized carbons (Fsp3) is 0.296. The van der Waals surface area contributed by atoms with Crippen LogP contribution in [0.15, 0.2) is 60.7 Å². The highest BCUT2D eigenvalue weighted by molar-refractivity contribution is 6.26. The topological polar surface area (TPSA) is 69.7 Å². The average Bonchev–Trinajstić information content (AvgIpc) is 3.08. The van der Waals surface area contributed by atoms with Gasteiger partial charge in [-0.1, -0.05) is 55.5 Å². The summed E-state index contributed by atoms with van der Waals surface area (Å²) in [5.41, 5.74) is 3.38. The number of hydrogen-bond donors (Lipinski definition) is 1. The van der Waals surface area contributed by atoms with Crippen molar-refractivity contribution in [2.75, 3.05) is 18.0 Å². The molecule has 33 heavy (non-hydrogen) atoms. The summed E-state index contributed by atoms with van der Waals surface area (Å²) in [5, 5.41) is 4.70. The minimum absolute atomic E-state index is 0.117. The number of carbonyl (C=O) groups excluding carboxylic acids is 3. The summed E-state index contributed by atoms with van der Waals surface area (Å²) in [6, 6.07) is 18.6. The first-order chi connectivity index (χ1) is 16.0. The molecule has 6 heteroatoms. The third-order valence-electron chi connectivity index (χ3n) is 6.28. The van der Waals surface area contributed by atoms with E-state index in [1.165, 1.54) is 4.90 Å². The van der Waals surface area contributed by atoms with Crippen LogP contribution in [0.1, 0.15) is 41.8 Å². The van der Waals surface area contributed by atoms with Gasteiger partial charge in [0.05, 0.1) is 5.69 Å². The van der Waals surface area contributed by atoms with Crippen LogP contribution >= 0.6 is 0 Å². The van der Waals surface area contributed by atoms with Crippen LogP contribution in [0, 0.1) is 6.92 Å². The van der Waals surface area contributed by atoms with Gasteiger partial charge in [-0.15, -0.1) is 0 Å². The second kappa shape index (κ2) is 9.45. The average molecular weight is 444 g/mol. The molecule has 3 aromatic carbocycles. The van der Waals surface area contributed by atoms with Crippen molar-refractivity contribution in [2.45, 2.75) is 39.8 Å². The smallest absolute Gasteiger partial charge is 0.259 e. The number of amides is 3. The normalized spacial score (nSPS) is 13.3. The van der Waals surface area contributed by atoms with Crippen molar-refractivity contribution in [3.8, 4) is 0 Å². The Kier molecular flexibility index (Phi) is 6.45. The van der Waals surface area contributed by atoms with Crippen molar-refractivity contribution >= 4 is 34.2 Å². The first kappa shape index (κ1) is 22.5. The lowest BCUT2D eigenvalue weighted by Crippen LogP contribution is -2.52.